The van der Waals surface area contributed by atoms with Gasteiger partial charge >= 0.3 is 0 Å². The number of anilines is 1. The van der Waals surface area contributed by atoms with Crippen molar-refractivity contribution in [1.29, 1.82) is 0 Å². The van der Waals surface area contributed by atoms with Gasteiger partial charge in [0.15, 0.2) is 5.78 Å². The van der Waals surface area contributed by atoms with Crippen molar-refractivity contribution in [2.24, 2.45) is 0 Å². The van der Waals surface area contributed by atoms with E-state index in [1.54, 1.807) is 6.07 Å². The van der Waals surface area contributed by atoms with Gasteiger partial charge in [-0.1, -0.05) is 0 Å². The molecule has 1 aliphatic rings. The number of hydrogen-bond donors (Lipinski definition) is 0. The molecule has 0 spiro atoms. The third-order valence-corrected chi connectivity index (χ3v) is 3.95. The zero-order valence-corrected chi connectivity index (χ0v) is 10.7. The predicted molar refractivity (Wildman–Crippen MR) is 70.6 cm³/mol. The Morgan fingerprint density at radius 1 is 1.35 bits per heavy atom. The summed E-state index contributed by atoms with van der Waals surface area (Å²) >= 11 is 1.93. The number of thioether (sulfide) groups is 1. The highest BCUT2D eigenvalue weighted by Crippen LogP contribution is 2.24. The van der Waals surface area contributed by atoms with Crippen LogP contribution in [0.4, 0.5) is 10.1 Å². The van der Waals surface area contributed by atoms with Crippen LogP contribution in [0.3, 0.4) is 0 Å². The first-order chi connectivity index (χ1) is 8.18. The average molecular weight is 253 g/mol. The smallest absolute Gasteiger partial charge is 0.161 e. The molecule has 2 nitrogen and oxygen atoms in total. The molecule has 0 bridgehead atoms. The average Bonchev–Trinajstić information content (AvgIpc) is 2.57. The molecule has 1 fully saturated rings. The predicted octanol–water partition coefficient (Wildman–Crippen LogP) is 2.97. The zero-order chi connectivity index (χ0) is 12.3. The summed E-state index contributed by atoms with van der Waals surface area (Å²) in [6.07, 6.45) is 1.11. The third-order valence-electron chi connectivity index (χ3n) is 2.90. The first-order valence-corrected chi connectivity index (χ1v) is 6.97. The van der Waals surface area contributed by atoms with Gasteiger partial charge in [0, 0.05) is 30.1 Å². The highest BCUT2D eigenvalue weighted by atomic mass is 32.2. The zero-order valence-electron chi connectivity index (χ0n) is 9.91. The summed E-state index contributed by atoms with van der Waals surface area (Å²) in [4.78, 5) is 13.7. The van der Waals surface area contributed by atoms with Crippen LogP contribution < -0.4 is 4.90 Å². The summed E-state index contributed by atoms with van der Waals surface area (Å²) in [5.41, 5.74) is 1.37. The van der Waals surface area contributed by atoms with E-state index in [0.717, 1.165) is 36.7 Å². The Hall–Kier alpha value is -1.03. The van der Waals surface area contributed by atoms with Gasteiger partial charge in [-0.2, -0.15) is 11.8 Å². The number of nitrogens with zero attached hydrogens (tertiary/aromatic N) is 1. The van der Waals surface area contributed by atoms with E-state index in [9.17, 15) is 9.18 Å². The Morgan fingerprint density at radius 3 is 2.94 bits per heavy atom. The van der Waals surface area contributed by atoms with E-state index in [1.165, 1.54) is 19.1 Å². The fraction of sp³-hybridized carbons (Fsp3) is 0.462. The molecule has 0 radical (unpaired) electrons. The maximum absolute atomic E-state index is 13.2. The molecule has 4 heteroatoms. The second-order valence-electron chi connectivity index (χ2n) is 4.17. The minimum Gasteiger partial charge on any atom is -0.370 e. The summed E-state index contributed by atoms with van der Waals surface area (Å²) < 4.78 is 13.2. The largest absolute Gasteiger partial charge is 0.370 e. The van der Waals surface area contributed by atoms with Crippen LogP contribution in [0.1, 0.15) is 23.7 Å². The summed E-state index contributed by atoms with van der Waals surface area (Å²) in [6, 6.07) is 4.50. The molecule has 1 heterocycles. The first kappa shape index (κ1) is 12.4. The first-order valence-electron chi connectivity index (χ1n) is 5.81. The lowest BCUT2D eigenvalue weighted by Gasteiger charge is -2.24. The van der Waals surface area contributed by atoms with E-state index in [-0.39, 0.29) is 11.6 Å². The van der Waals surface area contributed by atoms with Crippen molar-refractivity contribution < 1.29 is 9.18 Å². The van der Waals surface area contributed by atoms with Crippen molar-refractivity contribution in [3.05, 3.63) is 29.6 Å². The van der Waals surface area contributed by atoms with Crippen LogP contribution in [0.5, 0.6) is 0 Å². The van der Waals surface area contributed by atoms with E-state index in [4.69, 9.17) is 0 Å². The van der Waals surface area contributed by atoms with E-state index in [0.29, 0.717) is 5.56 Å². The molecule has 92 valence electrons. The summed E-state index contributed by atoms with van der Waals surface area (Å²) in [5, 5.41) is 0. The molecule has 0 amide bonds. The molecular formula is C13H16FNOS. The Labute approximate surface area is 105 Å². The van der Waals surface area contributed by atoms with Crippen LogP contribution >= 0.6 is 11.8 Å². The number of hydrogen-bond acceptors (Lipinski definition) is 3. The second kappa shape index (κ2) is 5.54. The molecule has 2 rings (SSSR count). The minimum absolute atomic E-state index is 0.0728. The van der Waals surface area contributed by atoms with Gasteiger partial charge in [-0.25, -0.2) is 4.39 Å². The number of carbonyl (C=O) groups excluding carboxylic acids is 1. The molecular weight excluding hydrogens is 237 g/mol. The Bertz CT molecular complexity index is 414. The van der Waals surface area contributed by atoms with Crippen molar-refractivity contribution in [2.45, 2.75) is 13.3 Å². The number of Topliss-reactive ketones (excluding diaryl/α,β-unsaturated/α-hetero) is 1. The molecule has 1 aromatic carbocycles. The Balaban J connectivity index is 2.32. The van der Waals surface area contributed by atoms with Crippen molar-refractivity contribution in [3.8, 4) is 0 Å². The van der Waals surface area contributed by atoms with Crippen molar-refractivity contribution in [2.75, 3.05) is 29.5 Å². The normalized spacial score (nSPS) is 16.7. The van der Waals surface area contributed by atoms with Gasteiger partial charge in [-0.3, -0.25) is 4.79 Å². The van der Waals surface area contributed by atoms with E-state index >= 15 is 0 Å². The van der Waals surface area contributed by atoms with E-state index < -0.39 is 0 Å². The van der Waals surface area contributed by atoms with Crippen LogP contribution in [0.15, 0.2) is 18.2 Å². The van der Waals surface area contributed by atoms with Gasteiger partial charge in [0.25, 0.3) is 0 Å². The van der Waals surface area contributed by atoms with Crippen LogP contribution in [0.25, 0.3) is 0 Å². The SMILES string of the molecule is CC(=O)c1cc(F)ccc1N1CCCSCC1. The summed E-state index contributed by atoms with van der Waals surface area (Å²) in [7, 11) is 0. The van der Waals surface area contributed by atoms with Gasteiger partial charge in [0.05, 0.1) is 0 Å². The molecule has 1 aromatic rings. The highest BCUT2D eigenvalue weighted by Gasteiger charge is 2.16. The van der Waals surface area contributed by atoms with Crippen molar-refractivity contribution in [1.82, 2.24) is 0 Å². The molecule has 0 unspecified atom stereocenters. The lowest BCUT2D eigenvalue weighted by atomic mass is 10.1. The quantitative estimate of drug-likeness (QED) is 0.756. The summed E-state index contributed by atoms with van der Waals surface area (Å²) in [5.74, 6) is 1.81. The topological polar surface area (TPSA) is 20.3 Å². The third kappa shape index (κ3) is 3.00. The molecule has 0 atom stereocenters. The molecule has 17 heavy (non-hydrogen) atoms. The molecule has 1 saturated heterocycles. The molecule has 0 N–H and O–H groups in total. The number of rotatable bonds is 2. The Morgan fingerprint density at radius 2 is 2.18 bits per heavy atom. The number of ketones is 1. The number of carbonyl (C=O) groups is 1. The molecule has 0 saturated carbocycles. The minimum atomic E-state index is -0.344. The highest BCUT2D eigenvalue weighted by molar-refractivity contribution is 7.99. The van der Waals surface area contributed by atoms with Gasteiger partial charge in [0.1, 0.15) is 5.82 Å². The van der Waals surface area contributed by atoms with Crippen LogP contribution in [-0.4, -0.2) is 30.4 Å². The number of halogens is 1. The fourth-order valence-corrected chi connectivity index (χ4v) is 2.94. The monoisotopic (exact) mass is 253 g/mol. The second-order valence-corrected chi connectivity index (χ2v) is 5.40. The van der Waals surface area contributed by atoms with Crippen LogP contribution in [0.2, 0.25) is 0 Å². The maximum Gasteiger partial charge on any atom is 0.161 e. The van der Waals surface area contributed by atoms with Gasteiger partial charge < -0.3 is 4.90 Å². The van der Waals surface area contributed by atoms with Crippen molar-refractivity contribution in [3.63, 3.8) is 0 Å². The van der Waals surface area contributed by atoms with E-state index in [2.05, 4.69) is 4.90 Å². The molecule has 1 aliphatic heterocycles. The van der Waals surface area contributed by atoms with Crippen molar-refractivity contribution >= 4 is 23.2 Å². The van der Waals surface area contributed by atoms with Crippen LogP contribution in [0, 0.1) is 5.82 Å². The standard InChI is InChI=1S/C13H16FNOS/c1-10(16)12-9-11(14)3-4-13(12)15-5-2-7-17-8-6-15/h3-4,9H,2,5-8H2,1H3. The maximum atomic E-state index is 13.2. The van der Waals surface area contributed by atoms with Crippen LogP contribution in [-0.2, 0) is 0 Å². The lowest BCUT2D eigenvalue weighted by Crippen LogP contribution is -2.27. The molecule has 0 aromatic heterocycles. The lowest BCUT2D eigenvalue weighted by molar-refractivity contribution is 0.101. The van der Waals surface area contributed by atoms with Gasteiger partial charge in [-0.15, -0.1) is 0 Å². The fourth-order valence-electron chi connectivity index (χ4n) is 2.05. The Kier molecular flexibility index (Phi) is 4.05. The molecule has 0 aliphatic carbocycles. The van der Waals surface area contributed by atoms with E-state index in [1.807, 2.05) is 11.8 Å². The van der Waals surface area contributed by atoms with Gasteiger partial charge in [0.2, 0.25) is 0 Å². The summed E-state index contributed by atoms with van der Waals surface area (Å²) in [6.45, 7) is 3.36. The number of benzene rings is 1. The van der Waals surface area contributed by atoms with Gasteiger partial charge in [-0.05, 0) is 37.3 Å².